The number of unbranched alkanes of at least 4 members (excludes halogenated alkanes) is 5. The molecule has 0 aromatic heterocycles. The van der Waals surface area contributed by atoms with Crippen LogP contribution >= 0.6 is 0 Å². The van der Waals surface area contributed by atoms with Gasteiger partial charge in [-0.05, 0) is 79.1 Å². The summed E-state index contributed by atoms with van der Waals surface area (Å²) in [5.74, 6) is 0.321. The largest absolute Gasteiger partial charge is 0.299 e. The molecule has 1 aliphatic heterocycles. The Morgan fingerprint density at radius 3 is 2.51 bits per heavy atom. The smallest absolute Gasteiger partial charge is 0.261 e. The minimum atomic E-state index is -3.85. The molecule has 1 aliphatic carbocycles. The van der Waals surface area contributed by atoms with Gasteiger partial charge in [0.05, 0.1) is 10.6 Å². The van der Waals surface area contributed by atoms with Crippen LogP contribution in [0.25, 0.3) is 0 Å². The summed E-state index contributed by atoms with van der Waals surface area (Å²) in [5, 5.41) is 0. The predicted molar refractivity (Wildman–Crippen MR) is 151 cm³/mol. The lowest BCUT2D eigenvalue weighted by Crippen LogP contribution is -2.31. The maximum atomic E-state index is 14.8. The van der Waals surface area contributed by atoms with Crippen LogP contribution in [0.1, 0.15) is 101 Å². The zero-order chi connectivity index (χ0) is 26.1. The Labute approximate surface area is 224 Å². The number of rotatable bonds is 14. The van der Waals surface area contributed by atoms with Crippen molar-refractivity contribution in [1.82, 2.24) is 4.90 Å². The lowest BCUT2D eigenvalue weighted by atomic mass is 9.98. The first-order valence-corrected chi connectivity index (χ1v) is 16.1. The third-order valence-electron chi connectivity index (χ3n) is 8.24. The molecule has 4 nitrogen and oxygen atoms in total. The number of sulfonamides is 1. The molecule has 2 aromatic rings. The van der Waals surface area contributed by atoms with Gasteiger partial charge in [0.25, 0.3) is 10.0 Å². The Bertz CT molecular complexity index is 1110. The van der Waals surface area contributed by atoms with Crippen molar-refractivity contribution in [1.29, 1.82) is 0 Å². The molecule has 0 atom stereocenters. The highest BCUT2D eigenvalue weighted by Crippen LogP contribution is 2.30. The maximum absolute atomic E-state index is 14.8. The molecule has 0 radical (unpaired) electrons. The zero-order valence-corrected chi connectivity index (χ0v) is 23.4. The Balaban J connectivity index is 1.29. The van der Waals surface area contributed by atoms with E-state index in [0.29, 0.717) is 0 Å². The van der Waals surface area contributed by atoms with Crippen LogP contribution in [0, 0.1) is 11.7 Å². The molecule has 1 N–H and O–H groups in total. The Morgan fingerprint density at radius 1 is 0.946 bits per heavy atom. The van der Waals surface area contributed by atoms with Gasteiger partial charge in [-0.1, -0.05) is 83.3 Å². The highest BCUT2D eigenvalue weighted by atomic mass is 32.2. The van der Waals surface area contributed by atoms with Crippen LogP contribution in [0.2, 0.25) is 0 Å². The Morgan fingerprint density at radius 2 is 1.73 bits per heavy atom. The van der Waals surface area contributed by atoms with Gasteiger partial charge in [-0.3, -0.25) is 9.62 Å². The van der Waals surface area contributed by atoms with E-state index in [1.54, 1.807) is 18.2 Å². The number of anilines is 1. The second-order valence-electron chi connectivity index (χ2n) is 11.2. The lowest BCUT2D eigenvalue weighted by molar-refractivity contribution is 0.248. The number of aryl methyl sites for hydroxylation is 1. The Hall–Kier alpha value is -1.92. The van der Waals surface area contributed by atoms with Crippen molar-refractivity contribution >= 4 is 15.7 Å². The van der Waals surface area contributed by atoms with Gasteiger partial charge in [-0.2, -0.15) is 0 Å². The van der Waals surface area contributed by atoms with Gasteiger partial charge in [0.15, 0.2) is 0 Å². The highest BCUT2D eigenvalue weighted by Gasteiger charge is 2.22. The molecule has 1 fully saturated rings. The number of nitrogens with zero attached hydrogens (tertiary/aromatic N) is 1. The van der Waals surface area contributed by atoms with E-state index in [2.05, 4.69) is 16.5 Å². The van der Waals surface area contributed by atoms with Crippen LogP contribution in [-0.4, -0.2) is 26.4 Å². The molecule has 0 unspecified atom stereocenters. The van der Waals surface area contributed by atoms with Crippen LogP contribution in [0.5, 0.6) is 0 Å². The molecule has 0 amide bonds. The van der Waals surface area contributed by atoms with Crippen molar-refractivity contribution in [2.24, 2.45) is 5.92 Å². The molecule has 2 aromatic carbocycles. The number of halogens is 1. The molecule has 0 spiro atoms. The summed E-state index contributed by atoms with van der Waals surface area (Å²) in [7, 11) is -3.85. The second-order valence-corrected chi connectivity index (χ2v) is 12.9. The first-order chi connectivity index (χ1) is 17.9. The fourth-order valence-electron chi connectivity index (χ4n) is 5.96. The van der Waals surface area contributed by atoms with Gasteiger partial charge in [-0.15, -0.1) is 0 Å². The van der Waals surface area contributed by atoms with Crippen LogP contribution in [0.15, 0.2) is 41.3 Å². The van der Waals surface area contributed by atoms with E-state index in [1.807, 2.05) is 12.1 Å². The predicted octanol–water partition coefficient (Wildman–Crippen LogP) is 7.86. The molecular weight excluding hydrogens is 483 g/mol. The van der Waals surface area contributed by atoms with Crippen LogP contribution in [0.4, 0.5) is 10.1 Å². The summed E-state index contributed by atoms with van der Waals surface area (Å²) in [5.41, 5.74) is 3.23. The van der Waals surface area contributed by atoms with Gasteiger partial charge in [0.2, 0.25) is 0 Å². The van der Waals surface area contributed by atoms with Gasteiger partial charge < -0.3 is 0 Å². The van der Waals surface area contributed by atoms with Crippen LogP contribution < -0.4 is 4.72 Å². The van der Waals surface area contributed by atoms with Crippen molar-refractivity contribution in [2.75, 3.05) is 17.8 Å². The van der Waals surface area contributed by atoms with E-state index in [-0.39, 0.29) is 10.6 Å². The number of benzene rings is 2. The summed E-state index contributed by atoms with van der Waals surface area (Å²) >= 11 is 0. The normalized spacial score (nSPS) is 16.7. The standard InChI is InChI=1S/C31H45FN2O2S/c1-2-3-4-5-6-9-20-34-21-19-27-23-29(17-16-28(27)24-34)37(35,36)33-31-18-15-26(22-30(31)32)14-10-13-25-11-7-8-12-25/h15-18,22-23,25,33H,2-14,19-21,24H2,1H3. The van der Waals surface area contributed by atoms with Crippen molar-refractivity contribution in [3.05, 3.63) is 58.9 Å². The fraction of sp³-hybridized carbons (Fsp3) is 0.613. The minimum absolute atomic E-state index is 0.0161. The van der Waals surface area contributed by atoms with Gasteiger partial charge >= 0.3 is 0 Å². The lowest BCUT2D eigenvalue weighted by Gasteiger charge is -2.29. The van der Waals surface area contributed by atoms with Gasteiger partial charge in [0, 0.05) is 13.1 Å². The zero-order valence-electron chi connectivity index (χ0n) is 22.6. The molecule has 37 heavy (non-hydrogen) atoms. The second kappa shape index (κ2) is 13.7. The molecule has 4 rings (SSSR count). The molecular formula is C31H45FN2O2S. The number of nitrogens with one attached hydrogen (secondary N) is 1. The quantitative estimate of drug-likeness (QED) is 0.254. The molecule has 2 aliphatic rings. The van der Waals surface area contributed by atoms with Gasteiger partial charge in [0.1, 0.15) is 5.82 Å². The average Bonchev–Trinajstić information content (AvgIpc) is 3.41. The van der Waals surface area contributed by atoms with Crippen LogP contribution in [0.3, 0.4) is 0 Å². The average molecular weight is 529 g/mol. The van der Waals surface area contributed by atoms with Crippen molar-refractivity contribution in [3.63, 3.8) is 0 Å². The fourth-order valence-corrected chi connectivity index (χ4v) is 7.07. The highest BCUT2D eigenvalue weighted by molar-refractivity contribution is 7.92. The van der Waals surface area contributed by atoms with E-state index in [1.165, 1.54) is 82.3 Å². The number of fused-ring (bicyclic) bond motifs is 1. The minimum Gasteiger partial charge on any atom is -0.299 e. The summed E-state index contributed by atoms with van der Waals surface area (Å²) in [6.45, 7) is 5.17. The van der Waals surface area contributed by atoms with E-state index >= 15 is 0 Å². The first-order valence-electron chi connectivity index (χ1n) is 14.6. The number of hydrogen-bond acceptors (Lipinski definition) is 3. The molecule has 204 valence electrons. The molecule has 0 saturated heterocycles. The summed E-state index contributed by atoms with van der Waals surface area (Å²) in [6, 6.07) is 10.3. The third kappa shape index (κ3) is 8.28. The van der Waals surface area contributed by atoms with E-state index in [4.69, 9.17) is 0 Å². The molecule has 6 heteroatoms. The van der Waals surface area contributed by atoms with Crippen molar-refractivity contribution in [2.45, 2.75) is 108 Å². The van der Waals surface area contributed by atoms with E-state index in [0.717, 1.165) is 55.9 Å². The SMILES string of the molecule is CCCCCCCCN1CCc2cc(S(=O)(=O)Nc3ccc(CCCC4CCCC4)cc3F)ccc2C1. The summed E-state index contributed by atoms with van der Waals surface area (Å²) in [6.07, 6.45) is 17.0. The maximum Gasteiger partial charge on any atom is 0.261 e. The summed E-state index contributed by atoms with van der Waals surface area (Å²) in [4.78, 5) is 2.68. The van der Waals surface area contributed by atoms with Crippen molar-refractivity contribution < 1.29 is 12.8 Å². The number of hydrogen-bond donors (Lipinski definition) is 1. The van der Waals surface area contributed by atoms with Gasteiger partial charge in [-0.25, -0.2) is 12.8 Å². The monoisotopic (exact) mass is 528 g/mol. The first kappa shape index (κ1) is 28.1. The third-order valence-corrected chi connectivity index (χ3v) is 9.60. The van der Waals surface area contributed by atoms with Crippen molar-refractivity contribution in [3.8, 4) is 0 Å². The van der Waals surface area contributed by atoms with E-state index in [9.17, 15) is 12.8 Å². The molecule has 1 saturated carbocycles. The van der Waals surface area contributed by atoms with Crippen LogP contribution in [-0.2, 0) is 29.4 Å². The summed E-state index contributed by atoms with van der Waals surface area (Å²) < 4.78 is 43.4. The topological polar surface area (TPSA) is 49.4 Å². The van der Waals surface area contributed by atoms with E-state index < -0.39 is 15.8 Å². The Kier molecular flexibility index (Phi) is 10.4. The molecule has 1 heterocycles. The molecule has 0 bridgehead atoms.